The molecule has 6 nitrogen and oxygen atoms in total. The van der Waals surface area contributed by atoms with Crippen LogP contribution < -0.4 is 14.8 Å². The average molecular weight is 400 g/mol. The molecule has 0 aliphatic carbocycles. The number of fused-ring (bicyclic) bond motifs is 2. The SMILES string of the molecule is O=C(Nc1ccc2c(c1)OCO2)C(Cc1ccccc1)N1Cc2ccccc2C1=O. The van der Waals surface area contributed by atoms with E-state index >= 15 is 0 Å². The van der Waals surface area contributed by atoms with Crippen molar-refractivity contribution < 1.29 is 19.1 Å². The number of benzene rings is 3. The first-order valence-electron chi connectivity index (χ1n) is 9.82. The number of ether oxygens (including phenoxy) is 2. The molecule has 0 saturated heterocycles. The van der Waals surface area contributed by atoms with Crippen LogP contribution in [0.4, 0.5) is 5.69 Å². The van der Waals surface area contributed by atoms with E-state index in [1.165, 1.54) is 0 Å². The first-order chi connectivity index (χ1) is 14.7. The second kappa shape index (κ2) is 7.55. The molecule has 5 rings (SSSR count). The van der Waals surface area contributed by atoms with Crippen molar-refractivity contribution in [3.8, 4) is 11.5 Å². The van der Waals surface area contributed by atoms with Gasteiger partial charge in [0.2, 0.25) is 12.7 Å². The van der Waals surface area contributed by atoms with E-state index in [0.29, 0.717) is 35.7 Å². The second-order valence-electron chi connectivity index (χ2n) is 7.35. The number of carbonyl (C=O) groups excluding carboxylic acids is 2. The van der Waals surface area contributed by atoms with Gasteiger partial charge < -0.3 is 19.7 Å². The third-order valence-corrected chi connectivity index (χ3v) is 5.44. The first-order valence-corrected chi connectivity index (χ1v) is 9.82. The zero-order chi connectivity index (χ0) is 20.5. The number of rotatable bonds is 5. The molecule has 2 aliphatic rings. The van der Waals surface area contributed by atoms with Crippen molar-refractivity contribution >= 4 is 17.5 Å². The molecular weight excluding hydrogens is 380 g/mol. The quantitative estimate of drug-likeness (QED) is 0.710. The molecule has 1 unspecified atom stereocenters. The molecule has 2 aliphatic heterocycles. The van der Waals surface area contributed by atoms with Crippen molar-refractivity contribution in [3.05, 3.63) is 89.5 Å². The molecule has 1 atom stereocenters. The Hall–Kier alpha value is -3.80. The van der Waals surface area contributed by atoms with Crippen LogP contribution in [0.3, 0.4) is 0 Å². The molecule has 2 amide bonds. The van der Waals surface area contributed by atoms with Gasteiger partial charge in [0.15, 0.2) is 11.5 Å². The van der Waals surface area contributed by atoms with Gasteiger partial charge in [-0.15, -0.1) is 0 Å². The number of hydrogen-bond acceptors (Lipinski definition) is 4. The maximum absolute atomic E-state index is 13.3. The molecule has 3 aromatic rings. The fourth-order valence-electron chi connectivity index (χ4n) is 3.91. The molecule has 0 radical (unpaired) electrons. The molecular formula is C24H20N2O4. The summed E-state index contributed by atoms with van der Waals surface area (Å²) in [5.41, 5.74) is 3.20. The van der Waals surface area contributed by atoms with Gasteiger partial charge in [-0.3, -0.25) is 9.59 Å². The summed E-state index contributed by atoms with van der Waals surface area (Å²) in [4.78, 5) is 28.0. The second-order valence-corrected chi connectivity index (χ2v) is 7.35. The topological polar surface area (TPSA) is 67.9 Å². The minimum Gasteiger partial charge on any atom is -0.454 e. The predicted octanol–water partition coefficient (Wildman–Crippen LogP) is 3.62. The molecule has 1 N–H and O–H groups in total. The minimum atomic E-state index is -0.641. The van der Waals surface area contributed by atoms with Crippen LogP contribution in [-0.4, -0.2) is 29.5 Å². The maximum Gasteiger partial charge on any atom is 0.255 e. The van der Waals surface area contributed by atoms with Crippen LogP contribution in [0, 0.1) is 0 Å². The number of amides is 2. The van der Waals surface area contributed by atoms with Gasteiger partial charge >= 0.3 is 0 Å². The van der Waals surface area contributed by atoms with Gasteiger partial charge in [-0.2, -0.15) is 0 Å². The van der Waals surface area contributed by atoms with E-state index in [2.05, 4.69) is 5.32 Å². The Bertz CT molecular complexity index is 1110. The monoisotopic (exact) mass is 400 g/mol. The zero-order valence-electron chi connectivity index (χ0n) is 16.2. The van der Waals surface area contributed by atoms with E-state index in [1.54, 1.807) is 23.1 Å². The van der Waals surface area contributed by atoms with Gasteiger partial charge in [0.05, 0.1) is 0 Å². The highest BCUT2D eigenvalue weighted by molar-refractivity contribution is 6.03. The van der Waals surface area contributed by atoms with E-state index in [0.717, 1.165) is 11.1 Å². The summed E-state index contributed by atoms with van der Waals surface area (Å²) >= 11 is 0. The molecule has 0 bridgehead atoms. The molecule has 2 heterocycles. The highest BCUT2D eigenvalue weighted by Crippen LogP contribution is 2.34. The van der Waals surface area contributed by atoms with Crippen molar-refractivity contribution in [2.75, 3.05) is 12.1 Å². The van der Waals surface area contributed by atoms with E-state index in [4.69, 9.17) is 9.47 Å². The highest BCUT2D eigenvalue weighted by Gasteiger charge is 2.36. The molecule has 0 aromatic heterocycles. The van der Waals surface area contributed by atoms with Crippen LogP contribution in [0.5, 0.6) is 11.5 Å². The lowest BCUT2D eigenvalue weighted by molar-refractivity contribution is -0.120. The van der Waals surface area contributed by atoms with Gasteiger partial charge in [0.1, 0.15) is 6.04 Å². The van der Waals surface area contributed by atoms with E-state index < -0.39 is 6.04 Å². The Labute approximate surface area is 174 Å². The van der Waals surface area contributed by atoms with Crippen LogP contribution in [0.1, 0.15) is 21.5 Å². The van der Waals surface area contributed by atoms with Gasteiger partial charge in [-0.05, 0) is 29.3 Å². The third kappa shape index (κ3) is 3.37. The molecule has 0 saturated carbocycles. The summed E-state index contributed by atoms with van der Waals surface area (Å²) in [7, 11) is 0. The smallest absolute Gasteiger partial charge is 0.255 e. The standard InChI is InChI=1S/C24H20N2O4/c27-23(25-18-10-11-21-22(13-18)30-15-29-21)20(12-16-6-2-1-3-7-16)26-14-17-8-4-5-9-19(17)24(26)28/h1-11,13,20H,12,14-15H2,(H,25,27). The van der Waals surface area contributed by atoms with E-state index in [1.807, 2.05) is 54.6 Å². The van der Waals surface area contributed by atoms with Crippen LogP contribution in [0.2, 0.25) is 0 Å². The summed E-state index contributed by atoms with van der Waals surface area (Å²) < 4.78 is 10.7. The molecule has 30 heavy (non-hydrogen) atoms. The molecule has 0 fully saturated rings. The molecule has 6 heteroatoms. The minimum absolute atomic E-state index is 0.118. The number of anilines is 1. The lowest BCUT2D eigenvalue weighted by Gasteiger charge is -2.27. The summed E-state index contributed by atoms with van der Waals surface area (Å²) in [5, 5.41) is 2.95. The largest absolute Gasteiger partial charge is 0.454 e. The van der Waals surface area contributed by atoms with Crippen molar-refractivity contribution in [2.45, 2.75) is 19.0 Å². The molecule has 3 aromatic carbocycles. The Kier molecular flexibility index (Phi) is 4.59. The van der Waals surface area contributed by atoms with E-state index in [9.17, 15) is 9.59 Å². The molecule has 150 valence electrons. The highest BCUT2D eigenvalue weighted by atomic mass is 16.7. The summed E-state index contributed by atoms with van der Waals surface area (Å²) in [6.45, 7) is 0.588. The van der Waals surface area contributed by atoms with Crippen LogP contribution >= 0.6 is 0 Å². The average Bonchev–Trinajstić information content (AvgIpc) is 3.37. The number of carbonyl (C=O) groups is 2. The number of hydrogen-bond donors (Lipinski definition) is 1. The third-order valence-electron chi connectivity index (χ3n) is 5.44. The van der Waals surface area contributed by atoms with Crippen LogP contribution in [-0.2, 0) is 17.8 Å². The summed E-state index contributed by atoms with van der Waals surface area (Å²) in [6, 6.07) is 21.9. The lowest BCUT2D eigenvalue weighted by atomic mass is 10.0. The molecule has 0 spiro atoms. The van der Waals surface area contributed by atoms with Crippen molar-refractivity contribution in [1.82, 2.24) is 4.90 Å². The Morgan fingerprint density at radius 1 is 0.967 bits per heavy atom. The number of nitrogens with zero attached hydrogens (tertiary/aromatic N) is 1. The van der Waals surface area contributed by atoms with E-state index in [-0.39, 0.29) is 18.6 Å². The Morgan fingerprint density at radius 2 is 1.73 bits per heavy atom. The zero-order valence-corrected chi connectivity index (χ0v) is 16.2. The van der Waals surface area contributed by atoms with Crippen molar-refractivity contribution in [3.63, 3.8) is 0 Å². The van der Waals surface area contributed by atoms with Crippen molar-refractivity contribution in [1.29, 1.82) is 0 Å². The first kappa shape index (κ1) is 18.2. The maximum atomic E-state index is 13.3. The van der Waals surface area contributed by atoms with Gasteiger partial charge in [-0.1, -0.05) is 48.5 Å². The lowest BCUT2D eigenvalue weighted by Crippen LogP contribution is -2.45. The predicted molar refractivity (Wildman–Crippen MR) is 111 cm³/mol. The van der Waals surface area contributed by atoms with Gasteiger partial charge in [-0.25, -0.2) is 0 Å². The normalized spacial score (nSPS) is 15.1. The van der Waals surface area contributed by atoms with Gasteiger partial charge in [0.25, 0.3) is 5.91 Å². The van der Waals surface area contributed by atoms with Crippen LogP contribution in [0.15, 0.2) is 72.8 Å². The Balaban J connectivity index is 1.42. The summed E-state index contributed by atoms with van der Waals surface area (Å²) in [5.74, 6) is 0.891. The number of nitrogens with one attached hydrogen (secondary N) is 1. The fourth-order valence-corrected chi connectivity index (χ4v) is 3.91. The van der Waals surface area contributed by atoms with Crippen molar-refractivity contribution in [2.24, 2.45) is 0 Å². The summed E-state index contributed by atoms with van der Waals surface area (Å²) in [6.07, 6.45) is 0.428. The fraction of sp³-hybridized carbons (Fsp3) is 0.167. The Morgan fingerprint density at radius 3 is 2.57 bits per heavy atom. The van der Waals surface area contributed by atoms with Gasteiger partial charge in [0, 0.05) is 30.3 Å². The van der Waals surface area contributed by atoms with Crippen LogP contribution in [0.25, 0.3) is 0 Å².